The van der Waals surface area contributed by atoms with Crippen molar-refractivity contribution in [2.45, 2.75) is 19.3 Å². The van der Waals surface area contributed by atoms with E-state index in [9.17, 15) is 9.18 Å². The predicted molar refractivity (Wildman–Crippen MR) is 78.5 cm³/mol. The largest absolute Gasteiger partial charge is 0.381 e. The summed E-state index contributed by atoms with van der Waals surface area (Å²) in [6, 6.07) is 4.72. The number of halogens is 1. The Morgan fingerprint density at radius 2 is 2.19 bits per heavy atom. The Labute approximate surface area is 122 Å². The summed E-state index contributed by atoms with van der Waals surface area (Å²) in [6.07, 6.45) is 4.22. The highest BCUT2D eigenvalue weighted by atomic mass is 19.1. The first kappa shape index (κ1) is 14.1. The molecule has 0 radical (unpaired) electrons. The highest BCUT2D eigenvalue weighted by Crippen LogP contribution is 2.19. The van der Waals surface area contributed by atoms with Crippen molar-refractivity contribution in [3.63, 3.8) is 0 Å². The predicted octanol–water partition coefficient (Wildman–Crippen LogP) is 2.39. The number of fused-ring (bicyclic) bond motifs is 1. The lowest BCUT2D eigenvalue weighted by atomic mass is 9.99. The summed E-state index contributed by atoms with van der Waals surface area (Å²) >= 11 is 0. The van der Waals surface area contributed by atoms with Gasteiger partial charge >= 0.3 is 0 Å². The number of nitrogens with one attached hydrogen (secondary N) is 2. The minimum Gasteiger partial charge on any atom is -0.381 e. The minimum absolute atomic E-state index is 0.0795. The summed E-state index contributed by atoms with van der Waals surface area (Å²) in [5, 5.41) is 4.00. The van der Waals surface area contributed by atoms with Gasteiger partial charge < -0.3 is 15.0 Å². The fourth-order valence-corrected chi connectivity index (χ4v) is 2.79. The van der Waals surface area contributed by atoms with Gasteiger partial charge in [-0.15, -0.1) is 0 Å². The standard InChI is InChI=1S/C16H19FN2O2/c17-13-1-2-14-12(10-19-15(14)9-13)3-6-18-16(20)11-4-7-21-8-5-11/h1-2,9-11,19H,3-8H2,(H,18,20). The van der Waals surface area contributed by atoms with Gasteiger partial charge in [0, 0.05) is 42.8 Å². The van der Waals surface area contributed by atoms with E-state index in [1.54, 1.807) is 6.07 Å². The van der Waals surface area contributed by atoms with Crippen LogP contribution >= 0.6 is 0 Å². The molecule has 3 rings (SSSR count). The summed E-state index contributed by atoms with van der Waals surface area (Å²) in [7, 11) is 0. The number of rotatable bonds is 4. The maximum atomic E-state index is 13.1. The zero-order chi connectivity index (χ0) is 14.7. The van der Waals surface area contributed by atoms with Crippen molar-refractivity contribution in [1.82, 2.24) is 10.3 Å². The van der Waals surface area contributed by atoms with Crippen molar-refractivity contribution in [2.75, 3.05) is 19.8 Å². The summed E-state index contributed by atoms with van der Waals surface area (Å²) in [5.41, 5.74) is 1.89. The van der Waals surface area contributed by atoms with Crippen LogP contribution in [0.1, 0.15) is 18.4 Å². The van der Waals surface area contributed by atoms with E-state index < -0.39 is 0 Å². The quantitative estimate of drug-likeness (QED) is 0.908. The zero-order valence-electron chi connectivity index (χ0n) is 11.8. The van der Waals surface area contributed by atoms with Gasteiger partial charge in [0.1, 0.15) is 5.82 Å². The average molecular weight is 290 g/mol. The van der Waals surface area contributed by atoms with Crippen molar-refractivity contribution >= 4 is 16.8 Å². The van der Waals surface area contributed by atoms with Crippen LogP contribution < -0.4 is 5.32 Å². The van der Waals surface area contributed by atoms with Crippen LogP contribution in [0.2, 0.25) is 0 Å². The first-order chi connectivity index (χ1) is 10.2. The van der Waals surface area contributed by atoms with Gasteiger partial charge in [0.25, 0.3) is 0 Å². The number of hydrogen-bond donors (Lipinski definition) is 2. The van der Waals surface area contributed by atoms with E-state index in [0.717, 1.165) is 35.7 Å². The van der Waals surface area contributed by atoms with Crippen molar-refractivity contribution < 1.29 is 13.9 Å². The fourth-order valence-electron chi connectivity index (χ4n) is 2.79. The van der Waals surface area contributed by atoms with Gasteiger partial charge in [-0.3, -0.25) is 4.79 Å². The Balaban J connectivity index is 1.55. The van der Waals surface area contributed by atoms with E-state index in [2.05, 4.69) is 10.3 Å². The van der Waals surface area contributed by atoms with E-state index in [-0.39, 0.29) is 17.6 Å². The molecule has 1 amide bonds. The number of ether oxygens (including phenoxy) is 1. The van der Waals surface area contributed by atoms with Crippen LogP contribution in [0.3, 0.4) is 0 Å². The van der Waals surface area contributed by atoms with E-state index in [4.69, 9.17) is 4.74 Å². The lowest BCUT2D eigenvalue weighted by molar-refractivity contribution is -0.127. The lowest BCUT2D eigenvalue weighted by Crippen LogP contribution is -2.35. The average Bonchev–Trinajstić information content (AvgIpc) is 2.90. The van der Waals surface area contributed by atoms with Crippen LogP contribution in [0.15, 0.2) is 24.4 Å². The van der Waals surface area contributed by atoms with Gasteiger partial charge in [0.15, 0.2) is 0 Å². The second kappa shape index (κ2) is 6.26. The van der Waals surface area contributed by atoms with Crippen LogP contribution in [0.4, 0.5) is 4.39 Å². The number of aromatic amines is 1. The highest BCUT2D eigenvalue weighted by molar-refractivity contribution is 5.83. The number of benzene rings is 1. The molecule has 1 aliphatic rings. The SMILES string of the molecule is O=C(NCCc1c[nH]c2cc(F)ccc12)C1CCOCC1. The van der Waals surface area contributed by atoms with Crippen LogP contribution in [0.25, 0.3) is 10.9 Å². The summed E-state index contributed by atoms with van der Waals surface area (Å²) < 4.78 is 18.4. The normalized spacial score (nSPS) is 16.2. The Kier molecular flexibility index (Phi) is 4.20. The molecule has 112 valence electrons. The molecule has 2 heterocycles. The minimum atomic E-state index is -0.247. The molecule has 1 saturated heterocycles. The van der Waals surface area contributed by atoms with Gasteiger partial charge in [-0.05, 0) is 43.0 Å². The molecule has 0 atom stereocenters. The first-order valence-electron chi connectivity index (χ1n) is 7.35. The Bertz CT molecular complexity index is 632. The van der Waals surface area contributed by atoms with E-state index >= 15 is 0 Å². The molecule has 21 heavy (non-hydrogen) atoms. The third kappa shape index (κ3) is 3.24. The number of aromatic nitrogens is 1. The van der Waals surface area contributed by atoms with Crippen molar-refractivity contribution in [1.29, 1.82) is 0 Å². The molecular formula is C16H19FN2O2. The zero-order valence-corrected chi connectivity index (χ0v) is 11.8. The van der Waals surface area contributed by atoms with Gasteiger partial charge in [0.2, 0.25) is 5.91 Å². The topological polar surface area (TPSA) is 54.1 Å². The van der Waals surface area contributed by atoms with Crippen LogP contribution in [0, 0.1) is 11.7 Å². The monoisotopic (exact) mass is 290 g/mol. The Morgan fingerprint density at radius 1 is 1.38 bits per heavy atom. The molecular weight excluding hydrogens is 271 g/mol. The van der Waals surface area contributed by atoms with Crippen molar-refractivity contribution in [2.24, 2.45) is 5.92 Å². The van der Waals surface area contributed by atoms with E-state index in [0.29, 0.717) is 19.8 Å². The van der Waals surface area contributed by atoms with Crippen LogP contribution in [0.5, 0.6) is 0 Å². The number of carbonyl (C=O) groups is 1. The third-order valence-corrected chi connectivity index (χ3v) is 4.02. The molecule has 0 unspecified atom stereocenters. The Morgan fingerprint density at radius 3 is 3.00 bits per heavy atom. The number of amides is 1. The van der Waals surface area contributed by atoms with Gasteiger partial charge in [-0.1, -0.05) is 0 Å². The summed E-state index contributed by atoms with van der Waals surface area (Å²) in [5.74, 6) is -0.0521. The second-order valence-electron chi connectivity index (χ2n) is 5.43. The van der Waals surface area contributed by atoms with Crippen molar-refractivity contribution in [3.05, 3.63) is 35.8 Å². The molecule has 1 aliphatic heterocycles. The molecule has 0 saturated carbocycles. The maximum absolute atomic E-state index is 13.1. The van der Waals surface area contributed by atoms with Gasteiger partial charge in [-0.25, -0.2) is 4.39 Å². The maximum Gasteiger partial charge on any atom is 0.223 e. The molecule has 1 aromatic heterocycles. The van der Waals surface area contributed by atoms with Gasteiger partial charge in [0.05, 0.1) is 0 Å². The molecule has 1 aromatic carbocycles. The molecule has 0 aliphatic carbocycles. The smallest absolute Gasteiger partial charge is 0.223 e. The van der Waals surface area contributed by atoms with Crippen LogP contribution in [-0.2, 0) is 16.0 Å². The molecule has 2 aromatic rings. The number of carbonyl (C=O) groups excluding carboxylic acids is 1. The van der Waals surface area contributed by atoms with Crippen LogP contribution in [-0.4, -0.2) is 30.6 Å². The van der Waals surface area contributed by atoms with Gasteiger partial charge in [-0.2, -0.15) is 0 Å². The molecule has 2 N–H and O–H groups in total. The third-order valence-electron chi connectivity index (χ3n) is 4.02. The fraction of sp³-hybridized carbons (Fsp3) is 0.438. The van der Waals surface area contributed by atoms with Crippen molar-refractivity contribution in [3.8, 4) is 0 Å². The number of H-pyrrole nitrogens is 1. The first-order valence-corrected chi connectivity index (χ1v) is 7.35. The summed E-state index contributed by atoms with van der Waals surface area (Å²) in [6.45, 7) is 1.94. The molecule has 5 heteroatoms. The number of hydrogen-bond acceptors (Lipinski definition) is 2. The van der Waals surface area contributed by atoms with E-state index in [1.807, 2.05) is 6.20 Å². The highest BCUT2D eigenvalue weighted by Gasteiger charge is 2.20. The Hall–Kier alpha value is -1.88. The summed E-state index contributed by atoms with van der Waals surface area (Å²) in [4.78, 5) is 15.1. The molecule has 1 fully saturated rings. The second-order valence-corrected chi connectivity index (χ2v) is 5.43. The molecule has 4 nitrogen and oxygen atoms in total. The molecule has 0 spiro atoms. The lowest BCUT2D eigenvalue weighted by Gasteiger charge is -2.21. The van der Waals surface area contributed by atoms with E-state index in [1.165, 1.54) is 12.1 Å². The molecule has 0 bridgehead atoms.